The Morgan fingerprint density at radius 1 is 1.18 bits per heavy atom. The molecule has 0 spiro atoms. The molecule has 4 unspecified atom stereocenters. The Morgan fingerprint density at radius 3 is 2.63 bits per heavy atom. The number of aromatic nitrogens is 3. The minimum absolute atomic E-state index is 0.0390. The molecule has 0 N–H and O–H groups in total. The average molecular weight is 517 g/mol. The standard InChI is InChI=1S/C29H33FN6O2/c1-19-3-5-21(6-4-19)26-18-36(17-25(26)20(2)38-28-10-7-23(30)16-32-28)29(37)22-11-13-35(14-12-22)27-9-8-24(15-31)33-34-27/h3,5-10,16,19-20,22,25-26H,4,11-14,17-18H2,1-2H3. The van der Waals surface area contributed by atoms with Crippen LogP contribution in [0.3, 0.4) is 0 Å². The Bertz CT molecular complexity index is 1230. The van der Waals surface area contributed by atoms with Gasteiger partial charge in [-0.15, -0.1) is 10.2 Å². The number of piperidine rings is 1. The van der Waals surface area contributed by atoms with Gasteiger partial charge in [-0.05, 0) is 55.9 Å². The van der Waals surface area contributed by atoms with Crippen LogP contribution in [0.1, 0.15) is 38.8 Å². The lowest BCUT2D eigenvalue weighted by Crippen LogP contribution is -2.42. The number of hydrogen-bond acceptors (Lipinski definition) is 7. The van der Waals surface area contributed by atoms with E-state index in [0.29, 0.717) is 30.6 Å². The van der Waals surface area contributed by atoms with Gasteiger partial charge in [0.05, 0.1) is 6.20 Å². The summed E-state index contributed by atoms with van der Waals surface area (Å²) in [5, 5.41) is 17.0. The summed E-state index contributed by atoms with van der Waals surface area (Å²) in [6.45, 7) is 6.95. The van der Waals surface area contributed by atoms with E-state index in [1.165, 1.54) is 11.6 Å². The molecule has 1 aliphatic carbocycles. The SMILES string of the molecule is CC1C=CC(C2CN(C(=O)C3CCN(c4ccc(C#N)nn4)CC3)CC2C(C)Oc2ccc(F)cn2)=CC1. The second kappa shape index (κ2) is 11.3. The Labute approximate surface area is 222 Å². The number of carbonyl (C=O) groups is 1. The highest BCUT2D eigenvalue weighted by Gasteiger charge is 2.42. The van der Waals surface area contributed by atoms with E-state index in [9.17, 15) is 9.18 Å². The molecule has 0 aromatic carbocycles. The number of nitrogens with zero attached hydrogens (tertiary/aromatic N) is 6. The van der Waals surface area contributed by atoms with Gasteiger partial charge in [0.15, 0.2) is 11.5 Å². The van der Waals surface area contributed by atoms with E-state index >= 15 is 0 Å². The molecule has 9 heteroatoms. The number of rotatable bonds is 6. The number of nitriles is 1. The quantitative estimate of drug-likeness (QED) is 0.569. The van der Waals surface area contributed by atoms with Crippen molar-refractivity contribution in [3.05, 3.63) is 65.8 Å². The van der Waals surface area contributed by atoms with Gasteiger partial charge in [-0.25, -0.2) is 9.37 Å². The van der Waals surface area contributed by atoms with Crippen molar-refractivity contribution in [2.75, 3.05) is 31.1 Å². The topological polar surface area (TPSA) is 95.2 Å². The molecular formula is C29H33FN6O2. The highest BCUT2D eigenvalue weighted by atomic mass is 19.1. The van der Waals surface area contributed by atoms with Gasteiger partial charge in [0.1, 0.15) is 18.0 Å². The molecule has 4 atom stereocenters. The highest BCUT2D eigenvalue weighted by Crippen LogP contribution is 2.37. The number of anilines is 1. The van der Waals surface area contributed by atoms with E-state index in [1.807, 2.05) is 24.0 Å². The van der Waals surface area contributed by atoms with Gasteiger partial charge in [0, 0.05) is 50.0 Å². The lowest BCUT2D eigenvalue weighted by molar-refractivity contribution is -0.135. The molecule has 2 aromatic heterocycles. The Kier molecular flexibility index (Phi) is 7.68. The third-order valence-corrected chi connectivity index (χ3v) is 7.99. The first-order valence-corrected chi connectivity index (χ1v) is 13.3. The molecule has 2 aromatic rings. The molecule has 0 bridgehead atoms. The smallest absolute Gasteiger partial charge is 0.225 e. The second-order valence-electron chi connectivity index (χ2n) is 10.6. The van der Waals surface area contributed by atoms with Gasteiger partial charge in [-0.3, -0.25) is 4.79 Å². The number of allylic oxidation sites excluding steroid dienone is 3. The van der Waals surface area contributed by atoms with Crippen molar-refractivity contribution >= 4 is 11.7 Å². The van der Waals surface area contributed by atoms with Crippen molar-refractivity contribution in [3.8, 4) is 11.9 Å². The molecule has 4 heterocycles. The first-order valence-electron chi connectivity index (χ1n) is 13.3. The monoisotopic (exact) mass is 516 g/mol. The van der Waals surface area contributed by atoms with Crippen molar-refractivity contribution in [2.45, 2.75) is 39.2 Å². The third-order valence-electron chi connectivity index (χ3n) is 7.99. The van der Waals surface area contributed by atoms with Gasteiger partial charge in [-0.2, -0.15) is 5.26 Å². The molecule has 1 amide bonds. The number of amides is 1. The largest absolute Gasteiger partial charge is 0.474 e. The van der Waals surface area contributed by atoms with E-state index in [4.69, 9.17) is 10.00 Å². The summed E-state index contributed by atoms with van der Waals surface area (Å²) in [7, 11) is 0. The fourth-order valence-corrected chi connectivity index (χ4v) is 5.73. The van der Waals surface area contributed by atoms with Crippen molar-refractivity contribution in [1.82, 2.24) is 20.1 Å². The lowest BCUT2D eigenvalue weighted by atomic mass is 9.82. The van der Waals surface area contributed by atoms with Gasteiger partial charge in [0.25, 0.3) is 0 Å². The van der Waals surface area contributed by atoms with Crippen molar-refractivity contribution < 1.29 is 13.9 Å². The predicted molar refractivity (Wildman–Crippen MR) is 141 cm³/mol. The Balaban J connectivity index is 1.25. The third kappa shape index (κ3) is 5.69. The predicted octanol–water partition coefficient (Wildman–Crippen LogP) is 4.16. The number of likely N-dealkylation sites (tertiary alicyclic amines) is 1. The minimum atomic E-state index is -0.399. The first-order chi connectivity index (χ1) is 18.4. The molecule has 198 valence electrons. The van der Waals surface area contributed by atoms with E-state index in [-0.39, 0.29) is 29.8 Å². The molecule has 2 saturated heterocycles. The van der Waals surface area contributed by atoms with Crippen LogP contribution in [0.5, 0.6) is 5.88 Å². The summed E-state index contributed by atoms with van der Waals surface area (Å²) >= 11 is 0. The normalized spacial score (nSPS) is 24.6. The molecule has 3 aliphatic rings. The summed E-state index contributed by atoms with van der Waals surface area (Å²) in [5.74, 6) is 1.68. The first kappa shape index (κ1) is 25.8. The van der Waals surface area contributed by atoms with Gasteiger partial charge >= 0.3 is 0 Å². The van der Waals surface area contributed by atoms with Crippen molar-refractivity contribution in [1.29, 1.82) is 5.26 Å². The Morgan fingerprint density at radius 2 is 2.00 bits per heavy atom. The zero-order valence-corrected chi connectivity index (χ0v) is 21.8. The van der Waals surface area contributed by atoms with Crippen LogP contribution in [-0.2, 0) is 4.79 Å². The van der Waals surface area contributed by atoms with E-state index in [1.54, 1.807) is 12.1 Å². The molecule has 0 radical (unpaired) electrons. The summed E-state index contributed by atoms with van der Waals surface area (Å²) in [5.41, 5.74) is 1.56. The summed E-state index contributed by atoms with van der Waals surface area (Å²) in [6, 6.07) is 8.37. The number of carbonyl (C=O) groups excluding carboxylic acids is 1. The zero-order valence-electron chi connectivity index (χ0n) is 21.8. The van der Waals surface area contributed by atoms with Gasteiger partial charge in [0.2, 0.25) is 11.8 Å². The number of pyridine rings is 1. The fraction of sp³-hybridized carbons (Fsp3) is 0.483. The van der Waals surface area contributed by atoms with Crippen LogP contribution in [0.25, 0.3) is 0 Å². The summed E-state index contributed by atoms with van der Waals surface area (Å²) < 4.78 is 19.5. The van der Waals surface area contributed by atoms with Gasteiger partial charge in [-0.1, -0.05) is 25.2 Å². The number of ether oxygens (including phenoxy) is 1. The number of halogens is 1. The molecule has 5 rings (SSSR count). The van der Waals surface area contributed by atoms with Crippen LogP contribution in [0.2, 0.25) is 0 Å². The van der Waals surface area contributed by atoms with Crippen molar-refractivity contribution in [2.24, 2.45) is 23.7 Å². The maximum Gasteiger partial charge on any atom is 0.225 e. The van der Waals surface area contributed by atoms with E-state index < -0.39 is 5.82 Å². The van der Waals surface area contributed by atoms with Crippen LogP contribution in [0.4, 0.5) is 10.2 Å². The maximum atomic E-state index is 13.7. The van der Waals surface area contributed by atoms with Crippen LogP contribution >= 0.6 is 0 Å². The van der Waals surface area contributed by atoms with Crippen LogP contribution in [-0.4, -0.2) is 58.3 Å². The number of hydrogen-bond donors (Lipinski definition) is 0. The molecule has 2 aliphatic heterocycles. The molecule has 0 saturated carbocycles. The van der Waals surface area contributed by atoms with Crippen LogP contribution in [0.15, 0.2) is 54.3 Å². The van der Waals surface area contributed by atoms with Crippen molar-refractivity contribution in [3.63, 3.8) is 0 Å². The lowest BCUT2D eigenvalue weighted by Gasteiger charge is -2.33. The van der Waals surface area contributed by atoms with Crippen LogP contribution in [0, 0.1) is 40.8 Å². The summed E-state index contributed by atoms with van der Waals surface area (Å²) in [6.07, 6.45) is 10.2. The fourth-order valence-electron chi connectivity index (χ4n) is 5.73. The molecule has 38 heavy (non-hydrogen) atoms. The van der Waals surface area contributed by atoms with E-state index in [2.05, 4.69) is 45.2 Å². The highest BCUT2D eigenvalue weighted by molar-refractivity contribution is 5.79. The zero-order chi connectivity index (χ0) is 26.6. The summed E-state index contributed by atoms with van der Waals surface area (Å²) in [4.78, 5) is 21.9. The molecule has 2 fully saturated rings. The van der Waals surface area contributed by atoms with Crippen LogP contribution < -0.4 is 9.64 Å². The Hall–Kier alpha value is -3.80. The van der Waals surface area contributed by atoms with E-state index in [0.717, 1.165) is 44.4 Å². The van der Waals surface area contributed by atoms with Gasteiger partial charge < -0.3 is 14.5 Å². The average Bonchev–Trinajstić information content (AvgIpc) is 3.40. The molecular weight excluding hydrogens is 483 g/mol. The maximum absolute atomic E-state index is 13.7. The minimum Gasteiger partial charge on any atom is -0.474 e. The molecule has 8 nitrogen and oxygen atoms in total. The second-order valence-corrected chi connectivity index (χ2v) is 10.6.